The molecule has 6 atom stereocenters. The Balaban J connectivity index is 1.77. The third kappa shape index (κ3) is 8.51. The van der Waals surface area contributed by atoms with Crippen molar-refractivity contribution in [3.63, 3.8) is 0 Å². The lowest BCUT2D eigenvalue weighted by molar-refractivity contribution is -0.0551. The number of nitrogens with one attached hydrogen (secondary N) is 2. The van der Waals surface area contributed by atoms with E-state index < -0.39 is 72.0 Å². The highest BCUT2D eigenvalue weighted by Gasteiger charge is 2.49. The lowest BCUT2D eigenvalue weighted by Gasteiger charge is -2.22. The molecular weight excluding hydrogens is 583 g/mol. The number of hydrogen-bond acceptors (Lipinski definition) is 12. The summed E-state index contributed by atoms with van der Waals surface area (Å²) in [4.78, 5) is 74.0. The smallest absolute Gasteiger partial charge is 0.438 e. The molecule has 19 nitrogen and oxygen atoms in total. The molecule has 0 bridgehead atoms. The summed E-state index contributed by atoms with van der Waals surface area (Å²) >= 11 is 0. The van der Waals surface area contributed by atoms with Crippen LogP contribution in [-0.2, 0) is 36.3 Å². The van der Waals surface area contributed by atoms with Crippen molar-refractivity contribution >= 4 is 35.2 Å². The zero-order valence-corrected chi connectivity index (χ0v) is 21.3. The van der Waals surface area contributed by atoms with Crippen LogP contribution in [0.1, 0.15) is 6.23 Å². The van der Waals surface area contributed by atoms with Crippen LogP contribution >= 0.6 is 23.5 Å². The molecule has 0 radical (unpaired) electrons. The molecule has 1 aliphatic rings. The molecule has 1 saturated heterocycles. The van der Waals surface area contributed by atoms with Gasteiger partial charge in [-0.15, -0.1) is 0 Å². The number of carbonyl (C=O) groups excluding carboxylic acids is 1. The third-order valence-corrected chi connectivity index (χ3v) is 8.32. The van der Waals surface area contributed by atoms with Crippen molar-refractivity contribution in [3.8, 4) is 0 Å². The zero-order chi connectivity index (χ0) is 28.3. The van der Waals surface area contributed by atoms with Gasteiger partial charge in [-0.25, -0.2) is 23.3 Å². The Morgan fingerprint density at radius 1 is 1.03 bits per heavy atom. The van der Waals surface area contributed by atoms with Crippen LogP contribution in [0.4, 0.5) is 10.5 Å². The Labute approximate surface area is 211 Å². The van der Waals surface area contributed by atoms with Crippen LogP contribution in [0, 0.1) is 0 Å². The molecule has 210 valence electrons. The first-order valence-corrected chi connectivity index (χ1v) is 14.5. The highest BCUT2D eigenvalue weighted by Crippen LogP contribution is 2.66. The van der Waals surface area contributed by atoms with E-state index in [0.29, 0.717) is 5.69 Å². The summed E-state index contributed by atoms with van der Waals surface area (Å²) < 4.78 is 57.2. The number of amides is 1. The second-order valence-electron chi connectivity index (χ2n) is 7.32. The van der Waals surface area contributed by atoms with Crippen molar-refractivity contribution in [1.82, 2.24) is 9.55 Å². The number of benzene rings is 1. The number of aliphatic hydroxyl groups excluding tert-OH is 1. The summed E-state index contributed by atoms with van der Waals surface area (Å²) in [6, 6.07) is 8.81. The minimum Gasteiger partial charge on any atom is -0.438 e. The van der Waals surface area contributed by atoms with E-state index in [1.807, 2.05) is 4.98 Å². The van der Waals surface area contributed by atoms with E-state index in [4.69, 9.17) is 19.3 Å². The first-order chi connectivity index (χ1) is 17.6. The van der Waals surface area contributed by atoms with Crippen LogP contribution in [0.5, 0.6) is 0 Å². The average molecular weight is 603 g/mol. The highest BCUT2D eigenvalue weighted by molar-refractivity contribution is 7.66. The number of anilines is 1. The van der Waals surface area contributed by atoms with E-state index >= 15 is 0 Å². The molecule has 0 spiro atoms. The van der Waals surface area contributed by atoms with Gasteiger partial charge < -0.3 is 34.2 Å². The van der Waals surface area contributed by atoms with Crippen molar-refractivity contribution in [2.24, 2.45) is 0 Å². The summed E-state index contributed by atoms with van der Waals surface area (Å²) in [6.45, 7) is -1.11. The van der Waals surface area contributed by atoms with Gasteiger partial charge in [-0.2, -0.15) is 8.62 Å². The summed E-state index contributed by atoms with van der Waals surface area (Å²) in [5.41, 5.74) is -1.53. The molecule has 3 rings (SSSR count). The van der Waals surface area contributed by atoms with Crippen LogP contribution in [0.15, 0.2) is 52.2 Å². The fourth-order valence-electron chi connectivity index (χ4n) is 3.10. The van der Waals surface area contributed by atoms with E-state index in [2.05, 4.69) is 18.5 Å². The van der Waals surface area contributed by atoms with E-state index in [1.165, 1.54) is 12.1 Å². The Kier molecular flexibility index (Phi) is 9.26. The van der Waals surface area contributed by atoms with Crippen molar-refractivity contribution < 1.29 is 65.8 Å². The molecule has 2 aromatic rings. The second-order valence-corrected chi connectivity index (χ2v) is 11.7. The Morgan fingerprint density at radius 3 is 2.29 bits per heavy atom. The fourth-order valence-corrected chi connectivity index (χ4v) is 6.13. The maximum Gasteiger partial charge on any atom is 0.490 e. The lowest BCUT2D eigenvalue weighted by Crippen LogP contribution is -2.41. The Bertz CT molecular complexity index is 1410. The molecule has 38 heavy (non-hydrogen) atoms. The molecule has 1 aliphatic heterocycles. The van der Waals surface area contributed by atoms with Gasteiger partial charge in [-0.3, -0.25) is 24.2 Å². The number of rotatable bonds is 10. The second kappa shape index (κ2) is 11.7. The molecular formula is C16H20N3O16P3. The van der Waals surface area contributed by atoms with Crippen molar-refractivity contribution in [2.75, 3.05) is 11.9 Å². The molecule has 2 heterocycles. The van der Waals surface area contributed by atoms with Crippen LogP contribution in [0.3, 0.4) is 0 Å². The zero-order valence-electron chi connectivity index (χ0n) is 18.6. The van der Waals surface area contributed by atoms with Gasteiger partial charge in [0.15, 0.2) is 12.3 Å². The van der Waals surface area contributed by atoms with Gasteiger partial charge in [0.2, 0.25) is 0 Å². The number of aromatic amines is 1. The van der Waals surface area contributed by atoms with Crippen molar-refractivity contribution in [1.29, 1.82) is 0 Å². The number of phosphoric acid groups is 3. The van der Waals surface area contributed by atoms with Crippen molar-refractivity contribution in [3.05, 3.63) is 63.4 Å². The SMILES string of the molecule is O=C(Nc1ccccc1)O[C@@H]1[C@H](O)[C@@H](COP(=O)(O)OP(=O)(O)OP(=O)(O)O)O[C@H]1n1ccc(=O)[nH]c1=O. The number of para-hydroxylation sites is 1. The third-order valence-electron chi connectivity index (χ3n) is 4.52. The quantitative estimate of drug-likeness (QED) is 0.172. The number of aromatic nitrogens is 2. The fraction of sp³-hybridized carbons (Fsp3) is 0.312. The van der Waals surface area contributed by atoms with Gasteiger partial charge in [0.05, 0.1) is 6.61 Å². The van der Waals surface area contributed by atoms with Gasteiger partial charge in [-0.1, -0.05) is 18.2 Å². The summed E-state index contributed by atoms with van der Waals surface area (Å²) in [7, 11) is -17.0. The van der Waals surface area contributed by atoms with E-state index in [1.54, 1.807) is 18.2 Å². The molecule has 1 aromatic heterocycles. The predicted molar refractivity (Wildman–Crippen MR) is 121 cm³/mol. The van der Waals surface area contributed by atoms with E-state index in [-0.39, 0.29) is 0 Å². The minimum atomic E-state index is -5.81. The van der Waals surface area contributed by atoms with Gasteiger partial charge in [0, 0.05) is 18.0 Å². The van der Waals surface area contributed by atoms with Gasteiger partial charge >= 0.3 is 35.3 Å². The number of aliphatic hydroxyl groups is 1. The molecule has 1 aromatic carbocycles. The number of nitrogens with zero attached hydrogens (tertiary/aromatic N) is 1. The maximum atomic E-state index is 12.4. The topological polar surface area (TPSA) is 282 Å². The summed E-state index contributed by atoms with van der Waals surface area (Å²) in [6.07, 6.45) is -7.00. The van der Waals surface area contributed by atoms with Gasteiger partial charge in [-0.05, 0) is 12.1 Å². The normalized spacial score (nSPS) is 24.8. The molecule has 0 saturated carbocycles. The monoisotopic (exact) mass is 603 g/mol. The Morgan fingerprint density at radius 2 is 1.68 bits per heavy atom. The molecule has 22 heteroatoms. The Hall–Kier alpha value is -2.50. The largest absolute Gasteiger partial charge is 0.490 e. The van der Waals surface area contributed by atoms with Gasteiger partial charge in [0.1, 0.15) is 12.2 Å². The van der Waals surface area contributed by atoms with Crippen molar-refractivity contribution in [2.45, 2.75) is 24.5 Å². The highest BCUT2D eigenvalue weighted by atomic mass is 31.3. The van der Waals surface area contributed by atoms with Crippen LogP contribution < -0.4 is 16.6 Å². The first kappa shape index (κ1) is 30.0. The molecule has 1 fully saturated rings. The van der Waals surface area contributed by atoms with Crippen LogP contribution in [0.2, 0.25) is 0 Å². The van der Waals surface area contributed by atoms with Crippen LogP contribution in [0.25, 0.3) is 0 Å². The number of hydrogen-bond donors (Lipinski definition) is 7. The number of H-pyrrole nitrogens is 1. The van der Waals surface area contributed by atoms with E-state index in [0.717, 1.165) is 16.8 Å². The maximum absolute atomic E-state index is 12.4. The van der Waals surface area contributed by atoms with Gasteiger partial charge in [0.25, 0.3) is 5.56 Å². The number of ether oxygens (including phenoxy) is 2. The summed E-state index contributed by atoms with van der Waals surface area (Å²) in [5.74, 6) is 0. The average Bonchev–Trinajstić information content (AvgIpc) is 3.05. The molecule has 2 unspecified atom stereocenters. The standard InChI is InChI=1S/C16H20N3O16P3/c20-11-6-7-19(15(22)18-11)14-13(33-16(23)17-9-4-2-1-3-5-9)12(21)10(32-14)8-31-37(27,28)35-38(29,30)34-36(24,25)26/h1-7,10,12-14,21H,8H2,(H,17,23)(H,27,28)(H,29,30)(H,18,20,22)(H2,24,25,26)/t10-,12-,13-,14-/m1/s1. The molecule has 7 N–H and O–H groups in total. The number of phosphoric ester groups is 1. The van der Waals surface area contributed by atoms with E-state index in [9.17, 15) is 43.0 Å². The van der Waals surface area contributed by atoms with Crippen LogP contribution in [-0.4, -0.2) is 65.2 Å². The molecule has 1 amide bonds. The summed E-state index contributed by atoms with van der Waals surface area (Å²) in [5, 5.41) is 13.0. The lowest BCUT2D eigenvalue weighted by atomic mass is 10.1. The number of carbonyl (C=O) groups is 1. The predicted octanol–water partition coefficient (Wildman–Crippen LogP) is -0.245. The minimum absolute atomic E-state index is 0.299. The molecule has 0 aliphatic carbocycles. The first-order valence-electron chi connectivity index (χ1n) is 10.0.